The van der Waals surface area contributed by atoms with Gasteiger partial charge >= 0.3 is 6.03 Å². The van der Waals surface area contributed by atoms with Crippen LogP contribution in [0.15, 0.2) is 35.5 Å². The number of amides is 2. The zero-order valence-corrected chi connectivity index (χ0v) is 14.2. The van der Waals surface area contributed by atoms with Crippen LogP contribution in [-0.4, -0.2) is 6.03 Å². The second-order valence-electron chi connectivity index (χ2n) is 6.89. The number of urea groups is 1. The van der Waals surface area contributed by atoms with E-state index in [9.17, 15) is 9.18 Å². The van der Waals surface area contributed by atoms with Crippen LogP contribution in [0.5, 0.6) is 0 Å². The standard InChI is InChI=1S/C20H27FN2O/c21-17-13-10-9-11-15(17)19-16-12-7-5-3-1-2-4-6-8-14-18(16)22-20(24)23-19/h9-11,13,19H,1-8,12,14H2,(H2,22,23,24). The molecule has 3 rings (SSSR count). The maximum absolute atomic E-state index is 14.3. The Morgan fingerprint density at radius 3 is 2.21 bits per heavy atom. The third-order valence-electron chi connectivity index (χ3n) is 5.12. The Kier molecular flexibility index (Phi) is 5.89. The first-order valence-corrected chi connectivity index (χ1v) is 9.29. The predicted octanol–water partition coefficient (Wildman–Crippen LogP) is 5.35. The number of hydrogen-bond acceptors (Lipinski definition) is 1. The fourth-order valence-electron chi connectivity index (χ4n) is 3.82. The van der Waals surface area contributed by atoms with Crippen molar-refractivity contribution in [1.29, 1.82) is 0 Å². The number of benzene rings is 1. The molecule has 24 heavy (non-hydrogen) atoms. The Hall–Kier alpha value is -1.84. The Morgan fingerprint density at radius 1 is 0.875 bits per heavy atom. The van der Waals surface area contributed by atoms with Gasteiger partial charge in [0.05, 0.1) is 6.04 Å². The van der Waals surface area contributed by atoms with Crippen LogP contribution in [0, 0.1) is 5.82 Å². The van der Waals surface area contributed by atoms with Gasteiger partial charge < -0.3 is 10.6 Å². The minimum absolute atomic E-state index is 0.214. The molecular formula is C20H27FN2O. The van der Waals surface area contributed by atoms with E-state index < -0.39 is 0 Å². The van der Waals surface area contributed by atoms with Crippen LogP contribution < -0.4 is 10.6 Å². The Morgan fingerprint density at radius 2 is 1.50 bits per heavy atom. The molecule has 2 amide bonds. The third-order valence-corrected chi connectivity index (χ3v) is 5.12. The fraction of sp³-hybridized carbons (Fsp3) is 0.550. The summed E-state index contributed by atoms with van der Waals surface area (Å²) in [6, 6.07) is 6.23. The molecule has 0 saturated heterocycles. The van der Waals surface area contributed by atoms with E-state index in [1.54, 1.807) is 12.1 Å². The number of carbonyl (C=O) groups excluding carboxylic acids is 1. The highest BCUT2D eigenvalue weighted by atomic mass is 19.1. The quantitative estimate of drug-likeness (QED) is 0.716. The normalized spacial score (nSPS) is 23.4. The smallest absolute Gasteiger partial charge is 0.319 e. The minimum Gasteiger partial charge on any atom is -0.327 e. The Balaban J connectivity index is 1.90. The lowest BCUT2D eigenvalue weighted by Gasteiger charge is -2.31. The van der Waals surface area contributed by atoms with Crippen LogP contribution in [0.1, 0.15) is 75.8 Å². The number of allylic oxidation sites excluding steroid dienone is 1. The van der Waals surface area contributed by atoms with Gasteiger partial charge in [-0.3, -0.25) is 0 Å². The highest BCUT2D eigenvalue weighted by Gasteiger charge is 2.29. The zero-order chi connectivity index (χ0) is 16.8. The third kappa shape index (κ3) is 4.16. The molecule has 0 fully saturated rings. The number of nitrogens with one attached hydrogen (secondary N) is 2. The average molecular weight is 330 g/mol. The molecule has 2 N–H and O–H groups in total. The molecule has 1 unspecified atom stereocenters. The van der Waals surface area contributed by atoms with Gasteiger partial charge in [-0.25, -0.2) is 9.18 Å². The molecule has 2 aliphatic rings. The van der Waals surface area contributed by atoms with Crippen LogP contribution in [0.3, 0.4) is 0 Å². The lowest BCUT2D eigenvalue weighted by atomic mass is 9.89. The van der Waals surface area contributed by atoms with Crippen LogP contribution in [-0.2, 0) is 0 Å². The molecule has 1 aromatic rings. The van der Waals surface area contributed by atoms with Gasteiger partial charge in [-0.2, -0.15) is 0 Å². The number of carbonyl (C=O) groups is 1. The van der Waals surface area contributed by atoms with Crippen molar-refractivity contribution >= 4 is 6.03 Å². The van der Waals surface area contributed by atoms with Gasteiger partial charge in [0, 0.05) is 11.3 Å². The Bertz CT molecular complexity index is 611. The van der Waals surface area contributed by atoms with Gasteiger partial charge in [0.2, 0.25) is 0 Å². The summed E-state index contributed by atoms with van der Waals surface area (Å²) >= 11 is 0. The maximum Gasteiger partial charge on any atom is 0.319 e. The van der Waals surface area contributed by atoms with Crippen LogP contribution >= 0.6 is 0 Å². The van der Waals surface area contributed by atoms with Crippen molar-refractivity contribution < 1.29 is 9.18 Å². The minimum atomic E-state index is -0.335. The fourth-order valence-corrected chi connectivity index (χ4v) is 3.82. The van der Waals surface area contributed by atoms with Crippen molar-refractivity contribution in [2.24, 2.45) is 0 Å². The molecule has 4 heteroatoms. The van der Waals surface area contributed by atoms with E-state index in [0.29, 0.717) is 5.56 Å². The van der Waals surface area contributed by atoms with E-state index in [4.69, 9.17) is 0 Å². The molecule has 1 aliphatic heterocycles. The first-order valence-electron chi connectivity index (χ1n) is 9.29. The first kappa shape index (κ1) is 17.0. The molecule has 130 valence electrons. The molecular weight excluding hydrogens is 303 g/mol. The number of rotatable bonds is 1. The van der Waals surface area contributed by atoms with E-state index in [0.717, 1.165) is 31.4 Å². The summed E-state index contributed by atoms with van der Waals surface area (Å²) in [5, 5.41) is 5.93. The van der Waals surface area contributed by atoms with Crippen molar-refractivity contribution in [3.05, 3.63) is 46.9 Å². The molecule has 1 atom stereocenters. The number of hydrogen-bond donors (Lipinski definition) is 2. The van der Waals surface area contributed by atoms with Crippen molar-refractivity contribution in [3.63, 3.8) is 0 Å². The molecule has 0 radical (unpaired) electrons. The van der Waals surface area contributed by atoms with Gasteiger partial charge in [-0.05, 0) is 37.3 Å². The van der Waals surface area contributed by atoms with Crippen LogP contribution in [0.4, 0.5) is 9.18 Å². The van der Waals surface area contributed by atoms with Gasteiger partial charge in [-0.1, -0.05) is 56.7 Å². The average Bonchev–Trinajstić information content (AvgIpc) is 2.56. The van der Waals surface area contributed by atoms with Gasteiger partial charge in [-0.15, -0.1) is 0 Å². The van der Waals surface area contributed by atoms with Crippen molar-refractivity contribution in [1.82, 2.24) is 10.6 Å². The molecule has 1 aromatic carbocycles. The largest absolute Gasteiger partial charge is 0.327 e. The van der Waals surface area contributed by atoms with Gasteiger partial charge in [0.25, 0.3) is 0 Å². The lowest BCUT2D eigenvalue weighted by molar-refractivity contribution is 0.237. The van der Waals surface area contributed by atoms with Gasteiger partial charge in [0.1, 0.15) is 5.82 Å². The van der Waals surface area contributed by atoms with Crippen LogP contribution in [0.25, 0.3) is 0 Å². The molecule has 1 heterocycles. The Labute approximate surface area is 143 Å². The summed E-state index contributed by atoms with van der Waals surface area (Å²) < 4.78 is 14.3. The summed E-state index contributed by atoms with van der Waals surface area (Å²) in [6.07, 6.45) is 11.6. The van der Waals surface area contributed by atoms with Crippen molar-refractivity contribution in [2.75, 3.05) is 0 Å². The summed E-state index contributed by atoms with van der Waals surface area (Å²) in [7, 11) is 0. The van der Waals surface area contributed by atoms with E-state index in [-0.39, 0.29) is 17.9 Å². The highest BCUT2D eigenvalue weighted by Crippen LogP contribution is 2.33. The molecule has 0 bridgehead atoms. The topological polar surface area (TPSA) is 41.1 Å². The summed E-state index contributed by atoms with van der Waals surface area (Å²) in [4.78, 5) is 12.1. The second kappa shape index (κ2) is 8.32. The molecule has 3 nitrogen and oxygen atoms in total. The summed E-state index contributed by atoms with van der Waals surface area (Å²) in [6.45, 7) is 0. The highest BCUT2D eigenvalue weighted by molar-refractivity contribution is 5.79. The van der Waals surface area contributed by atoms with E-state index in [2.05, 4.69) is 10.6 Å². The molecule has 1 aliphatic carbocycles. The summed E-state index contributed by atoms with van der Waals surface area (Å²) in [5.74, 6) is -0.248. The van der Waals surface area contributed by atoms with Crippen molar-refractivity contribution in [3.8, 4) is 0 Å². The van der Waals surface area contributed by atoms with E-state index in [1.165, 1.54) is 50.2 Å². The van der Waals surface area contributed by atoms with Gasteiger partial charge in [0.15, 0.2) is 0 Å². The lowest BCUT2D eigenvalue weighted by Crippen LogP contribution is -2.44. The maximum atomic E-state index is 14.3. The zero-order valence-electron chi connectivity index (χ0n) is 14.2. The molecule has 0 spiro atoms. The first-order chi connectivity index (χ1) is 11.8. The number of halogens is 1. The van der Waals surface area contributed by atoms with Crippen LogP contribution in [0.2, 0.25) is 0 Å². The van der Waals surface area contributed by atoms with E-state index in [1.807, 2.05) is 6.07 Å². The van der Waals surface area contributed by atoms with E-state index >= 15 is 0 Å². The van der Waals surface area contributed by atoms with Crippen molar-refractivity contribution in [2.45, 2.75) is 70.3 Å². The SMILES string of the molecule is O=C1NC2=C(CCCCCCCCCC2)C(c2ccccc2F)N1. The summed E-state index contributed by atoms with van der Waals surface area (Å²) in [5.41, 5.74) is 2.76. The molecule has 0 saturated carbocycles. The second-order valence-corrected chi connectivity index (χ2v) is 6.89. The predicted molar refractivity (Wildman–Crippen MR) is 94.0 cm³/mol. The molecule has 0 aromatic heterocycles. The monoisotopic (exact) mass is 330 g/mol.